The number of benzene rings is 1. The molecule has 1 aromatic carbocycles. The van der Waals surface area contributed by atoms with Crippen LogP contribution in [0.2, 0.25) is 0 Å². The Morgan fingerprint density at radius 1 is 1.40 bits per heavy atom. The largest absolute Gasteiger partial charge is 0.478 e. The highest BCUT2D eigenvalue weighted by Crippen LogP contribution is 2.29. The van der Waals surface area contributed by atoms with Gasteiger partial charge < -0.3 is 10.2 Å². The van der Waals surface area contributed by atoms with Gasteiger partial charge in [0.05, 0.1) is 22.6 Å². The van der Waals surface area contributed by atoms with E-state index in [0.29, 0.717) is 0 Å². The van der Waals surface area contributed by atoms with Gasteiger partial charge in [-0.2, -0.15) is 4.31 Å². The molecular weight excluding hydrogens is 350 g/mol. The number of aliphatic hydroxyl groups excluding tert-OH is 1. The third kappa shape index (κ3) is 3.20. The van der Waals surface area contributed by atoms with Gasteiger partial charge in [-0.1, -0.05) is 0 Å². The molecule has 2 N–H and O–H groups in total. The van der Waals surface area contributed by atoms with E-state index in [1.165, 1.54) is 25.2 Å². The van der Waals surface area contributed by atoms with Crippen LogP contribution in [0.5, 0.6) is 0 Å². The SMILES string of the molecule is CN(C(C)(C)CO)S(=O)(=O)c1ccc(C(=O)O)cc1Br. The van der Waals surface area contributed by atoms with Crippen LogP contribution in [0.3, 0.4) is 0 Å². The monoisotopic (exact) mass is 365 g/mol. The number of hydrogen-bond donors (Lipinski definition) is 2. The zero-order valence-electron chi connectivity index (χ0n) is 11.3. The minimum atomic E-state index is -3.85. The maximum atomic E-state index is 12.5. The van der Waals surface area contributed by atoms with E-state index in [-0.39, 0.29) is 21.5 Å². The summed E-state index contributed by atoms with van der Waals surface area (Å²) in [6.07, 6.45) is 0. The average Bonchev–Trinajstić information content (AvgIpc) is 2.37. The second-order valence-electron chi connectivity index (χ2n) is 4.89. The molecule has 20 heavy (non-hydrogen) atoms. The third-order valence-corrected chi connectivity index (χ3v) is 6.10. The van der Waals surface area contributed by atoms with Crippen molar-refractivity contribution in [1.29, 1.82) is 0 Å². The number of carboxylic acid groups (broad SMARTS) is 1. The molecule has 0 saturated heterocycles. The van der Waals surface area contributed by atoms with Gasteiger partial charge in [0.25, 0.3) is 0 Å². The molecule has 0 aliphatic carbocycles. The minimum Gasteiger partial charge on any atom is -0.478 e. The lowest BCUT2D eigenvalue weighted by Crippen LogP contribution is -2.47. The topological polar surface area (TPSA) is 94.9 Å². The quantitative estimate of drug-likeness (QED) is 0.824. The Hall–Kier alpha value is -0.960. The van der Waals surface area contributed by atoms with E-state index in [4.69, 9.17) is 5.11 Å². The lowest BCUT2D eigenvalue weighted by atomic mass is 10.1. The van der Waals surface area contributed by atoms with Crippen molar-refractivity contribution < 1.29 is 23.4 Å². The predicted molar refractivity (Wildman–Crippen MR) is 77.2 cm³/mol. The highest BCUT2D eigenvalue weighted by molar-refractivity contribution is 9.10. The van der Waals surface area contributed by atoms with Crippen molar-refractivity contribution in [2.75, 3.05) is 13.7 Å². The number of aromatic carboxylic acids is 1. The Morgan fingerprint density at radius 2 is 1.95 bits per heavy atom. The van der Waals surface area contributed by atoms with E-state index >= 15 is 0 Å². The summed E-state index contributed by atoms with van der Waals surface area (Å²) in [7, 11) is -2.48. The Balaban J connectivity index is 3.34. The number of rotatable bonds is 5. The molecule has 0 amide bonds. The van der Waals surface area contributed by atoms with Crippen LogP contribution in [0.25, 0.3) is 0 Å². The van der Waals surface area contributed by atoms with Crippen molar-refractivity contribution in [1.82, 2.24) is 4.31 Å². The van der Waals surface area contributed by atoms with Crippen LogP contribution < -0.4 is 0 Å². The molecular formula is C12H16BrNO5S. The number of halogens is 1. The van der Waals surface area contributed by atoms with Crippen molar-refractivity contribution in [3.63, 3.8) is 0 Å². The molecule has 0 radical (unpaired) electrons. The number of likely N-dealkylation sites (N-methyl/N-ethyl adjacent to an activating group) is 1. The number of nitrogens with zero attached hydrogens (tertiary/aromatic N) is 1. The van der Waals surface area contributed by atoms with Gasteiger partial charge in [0.1, 0.15) is 0 Å². The standard InChI is InChI=1S/C12H16BrNO5S/c1-12(2,7-15)14(3)20(18,19)10-5-4-8(11(16)17)6-9(10)13/h4-6,15H,7H2,1-3H3,(H,16,17). The summed E-state index contributed by atoms with van der Waals surface area (Å²) in [5, 5.41) is 18.1. The van der Waals surface area contributed by atoms with E-state index in [2.05, 4.69) is 15.9 Å². The highest BCUT2D eigenvalue weighted by Gasteiger charge is 2.34. The predicted octanol–water partition coefficient (Wildman–Crippen LogP) is 1.54. The van der Waals surface area contributed by atoms with E-state index in [1.54, 1.807) is 13.8 Å². The van der Waals surface area contributed by atoms with E-state index in [1.807, 2.05) is 0 Å². The average molecular weight is 366 g/mol. The van der Waals surface area contributed by atoms with Gasteiger partial charge in [0.15, 0.2) is 0 Å². The fraction of sp³-hybridized carbons (Fsp3) is 0.417. The first-order valence-electron chi connectivity index (χ1n) is 5.67. The first kappa shape index (κ1) is 17.1. The highest BCUT2D eigenvalue weighted by atomic mass is 79.9. The van der Waals surface area contributed by atoms with Crippen LogP contribution in [0.4, 0.5) is 0 Å². The maximum absolute atomic E-state index is 12.5. The van der Waals surface area contributed by atoms with Gasteiger partial charge in [-0.15, -0.1) is 0 Å². The Labute approximate surface area is 126 Å². The van der Waals surface area contributed by atoms with E-state index in [9.17, 15) is 18.3 Å². The molecule has 1 aromatic rings. The van der Waals surface area contributed by atoms with Gasteiger partial charge in [-0.3, -0.25) is 0 Å². The molecule has 0 aromatic heterocycles. The van der Waals surface area contributed by atoms with Gasteiger partial charge in [0.2, 0.25) is 10.0 Å². The molecule has 0 atom stereocenters. The fourth-order valence-electron chi connectivity index (χ4n) is 1.42. The van der Waals surface area contributed by atoms with E-state index in [0.717, 1.165) is 4.31 Å². The second kappa shape index (κ2) is 5.80. The number of aliphatic hydroxyl groups is 1. The number of carbonyl (C=O) groups is 1. The summed E-state index contributed by atoms with van der Waals surface area (Å²) >= 11 is 3.08. The van der Waals surface area contributed by atoms with E-state index < -0.39 is 21.5 Å². The van der Waals surface area contributed by atoms with Crippen LogP contribution in [0.1, 0.15) is 24.2 Å². The summed E-state index contributed by atoms with van der Waals surface area (Å²) in [6.45, 7) is 2.84. The Morgan fingerprint density at radius 3 is 2.35 bits per heavy atom. The molecule has 0 fully saturated rings. The molecule has 8 heteroatoms. The third-order valence-electron chi connectivity index (χ3n) is 3.06. The molecule has 0 saturated carbocycles. The molecule has 0 spiro atoms. The number of carboxylic acids is 1. The summed E-state index contributed by atoms with van der Waals surface area (Å²) < 4.78 is 26.2. The Kier molecular flexibility index (Phi) is 4.96. The van der Waals surface area contributed by atoms with Gasteiger partial charge in [-0.25, -0.2) is 13.2 Å². The smallest absolute Gasteiger partial charge is 0.335 e. The summed E-state index contributed by atoms with van der Waals surface area (Å²) in [5.41, 5.74) is -0.982. The molecule has 0 aliphatic heterocycles. The van der Waals surface area contributed by atoms with Crippen LogP contribution in [0.15, 0.2) is 27.6 Å². The minimum absolute atomic E-state index is 0.0140. The second-order valence-corrected chi connectivity index (χ2v) is 7.69. The molecule has 6 nitrogen and oxygen atoms in total. The molecule has 0 bridgehead atoms. The molecule has 0 aliphatic rings. The molecule has 0 unspecified atom stereocenters. The van der Waals surface area contributed by atoms with Crippen molar-refractivity contribution in [2.24, 2.45) is 0 Å². The van der Waals surface area contributed by atoms with Crippen LogP contribution in [0, 0.1) is 0 Å². The zero-order valence-corrected chi connectivity index (χ0v) is 13.7. The van der Waals surface area contributed by atoms with Crippen LogP contribution in [-0.2, 0) is 10.0 Å². The van der Waals surface area contributed by atoms with Crippen molar-refractivity contribution >= 4 is 31.9 Å². The van der Waals surface area contributed by atoms with Gasteiger partial charge in [0, 0.05) is 11.5 Å². The normalized spacial score (nSPS) is 12.7. The first-order valence-corrected chi connectivity index (χ1v) is 7.90. The Bertz CT molecular complexity index is 627. The number of sulfonamides is 1. The van der Waals surface area contributed by atoms with Gasteiger partial charge >= 0.3 is 5.97 Å². The van der Waals surface area contributed by atoms with Gasteiger partial charge in [-0.05, 0) is 48.0 Å². The fourth-order valence-corrected chi connectivity index (χ4v) is 3.96. The van der Waals surface area contributed by atoms with Crippen molar-refractivity contribution in [3.05, 3.63) is 28.2 Å². The number of hydrogen-bond acceptors (Lipinski definition) is 4. The summed E-state index contributed by atoms with van der Waals surface area (Å²) in [6, 6.07) is 3.68. The summed E-state index contributed by atoms with van der Waals surface area (Å²) in [4.78, 5) is 10.8. The van der Waals surface area contributed by atoms with Crippen LogP contribution in [-0.4, -0.2) is 48.1 Å². The maximum Gasteiger partial charge on any atom is 0.335 e. The molecule has 0 heterocycles. The lowest BCUT2D eigenvalue weighted by molar-refractivity contribution is 0.0696. The van der Waals surface area contributed by atoms with Crippen molar-refractivity contribution in [2.45, 2.75) is 24.3 Å². The zero-order chi connectivity index (χ0) is 15.7. The van der Waals surface area contributed by atoms with Crippen molar-refractivity contribution in [3.8, 4) is 0 Å². The molecule has 112 valence electrons. The lowest BCUT2D eigenvalue weighted by Gasteiger charge is -2.33. The summed E-state index contributed by atoms with van der Waals surface area (Å²) in [5.74, 6) is -1.14. The van der Waals surface area contributed by atoms with Crippen LogP contribution >= 0.6 is 15.9 Å². The molecule has 1 rings (SSSR count). The first-order chi connectivity index (χ1) is 9.04.